The summed E-state index contributed by atoms with van der Waals surface area (Å²) in [5, 5.41) is 12.6. The second kappa shape index (κ2) is 6.67. The molecule has 0 aliphatic carbocycles. The Morgan fingerprint density at radius 1 is 1.38 bits per heavy atom. The predicted octanol–water partition coefficient (Wildman–Crippen LogP) is 3.28. The summed E-state index contributed by atoms with van der Waals surface area (Å²) in [6, 6.07) is 9.85. The number of rotatable bonds is 5. The number of nitriles is 1. The van der Waals surface area contributed by atoms with E-state index in [2.05, 4.69) is 23.3 Å². The number of hydrogen-bond acceptors (Lipinski definition) is 6. The van der Waals surface area contributed by atoms with Crippen molar-refractivity contribution in [2.45, 2.75) is 32.6 Å². The SMILES string of the molecule is CCCc1nc2c(o1)NC(N)=C(C#N)C2c1ccccc1OCC. The number of anilines is 1. The third kappa shape index (κ3) is 2.69. The van der Waals surface area contributed by atoms with Crippen molar-refractivity contribution in [3.05, 3.63) is 52.8 Å². The number of allylic oxidation sites excluding steroid dienone is 1. The van der Waals surface area contributed by atoms with E-state index >= 15 is 0 Å². The molecular weight excluding hydrogens is 304 g/mol. The lowest BCUT2D eigenvalue weighted by Gasteiger charge is -2.24. The van der Waals surface area contributed by atoms with Gasteiger partial charge in [-0.05, 0) is 19.4 Å². The summed E-state index contributed by atoms with van der Waals surface area (Å²) >= 11 is 0. The van der Waals surface area contributed by atoms with Crippen LogP contribution in [-0.2, 0) is 6.42 Å². The van der Waals surface area contributed by atoms with E-state index in [1.54, 1.807) is 0 Å². The van der Waals surface area contributed by atoms with Gasteiger partial charge in [-0.1, -0.05) is 25.1 Å². The van der Waals surface area contributed by atoms with E-state index in [1.165, 1.54) is 0 Å². The molecule has 24 heavy (non-hydrogen) atoms. The van der Waals surface area contributed by atoms with Gasteiger partial charge in [-0.25, -0.2) is 4.98 Å². The number of nitrogens with zero attached hydrogens (tertiary/aromatic N) is 2. The molecule has 1 aliphatic rings. The molecule has 2 aromatic rings. The smallest absolute Gasteiger partial charge is 0.223 e. The highest BCUT2D eigenvalue weighted by atomic mass is 16.5. The van der Waals surface area contributed by atoms with Crippen LogP contribution in [0.15, 0.2) is 40.1 Å². The lowest BCUT2D eigenvalue weighted by Crippen LogP contribution is -2.23. The molecule has 1 unspecified atom stereocenters. The van der Waals surface area contributed by atoms with Crippen molar-refractivity contribution in [3.8, 4) is 11.8 Å². The first-order valence-electron chi connectivity index (χ1n) is 8.07. The fourth-order valence-corrected chi connectivity index (χ4v) is 2.90. The maximum atomic E-state index is 9.62. The maximum Gasteiger partial charge on any atom is 0.223 e. The quantitative estimate of drug-likeness (QED) is 0.876. The lowest BCUT2D eigenvalue weighted by atomic mass is 9.86. The molecule has 1 aliphatic heterocycles. The number of aromatic nitrogens is 1. The molecule has 1 aromatic heterocycles. The van der Waals surface area contributed by atoms with Crippen molar-refractivity contribution in [2.24, 2.45) is 5.73 Å². The summed E-state index contributed by atoms with van der Waals surface area (Å²) in [7, 11) is 0. The summed E-state index contributed by atoms with van der Waals surface area (Å²) in [5.74, 6) is 1.76. The van der Waals surface area contributed by atoms with Gasteiger partial charge < -0.3 is 20.2 Å². The lowest BCUT2D eigenvalue weighted by molar-refractivity contribution is 0.336. The molecule has 0 radical (unpaired) electrons. The summed E-state index contributed by atoms with van der Waals surface area (Å²) in [5.41, 5.74) is 8.02. The summed E-state index contributed by atoms with van der Waals surface area (Å²) < 4.78 is 11.5. The van der Waals surface area contributed by atoms with Gasteiger partial charge in [0.2, 0.25) is 5.88 Å². The standard InChI is InChI=1S/C18H20N4O2/c1-3-7-14-21-16-15(11-8-5-6-9-13(11)23-4-2)12(10-19)17(20)22-18(16)24-14/h5-6,8-9,15,22H,3-4,7,20H2,1-2H3. The van der Waals surface area contributed by atoms with E-state index in [-0.39, 0.29) is 0 Å². The fourth-order valence-electron chi connectivity index (χ4n) is 2.90. The van der Waals surface area contributed by atoms with Crippen molar-refractivity contribution >= 4 is 5.88 Å². The van der Waals surface area contributed by atoms with Crippen molar-refractivity contribution in [3.63, 3.8) is 0 Å². The van der Waals surface area contributed by atoms with Gasteiger partial charge in [-0.15, -0.1) is 0 Å². The zero-order chi connectivity index (χ0) is 17.1. The number of oxazole rings is 1. The molecular formula is C18H20N4O2. The third-order valence-electron chi connectivity index (χ3n) is 3.91. The Hall–Kier alpha value is -2.94. The normalized spacial score (nSPS) is 16.3. The highest BCUT2D eigenvalue weighted by Gasteiger charge is 2.35. The molecule has 1 atom stereocenters. The van der Waals surface area contributed by atoms with Crippen LogP contribution in [0.5, 0.6) is 5.75 Å². The van der Waals surface area contributed by atoms with E-state index in [0.29, 0.717) is 35.5 Å². The fraction of sp³-hybridized carbons (Fsp3) is 0.333. The topological polar surface area (TPSA) is 97.1 Å². The van der Waals surface area contributed by atoms with E-state index in [0.717, 1.165) is 24.2 Å². The van der Waals surface area contributed by atoms with Crippen molar-refractivity contribution < 1.29 is 9.15 Å². The third-order valence-corrected chi connectivity index (χ3v) is 3.91. The number of benzene rings is 1. The molecule has 0 amide bonds. The summed E-state index contributed by atoms with van der Waals surface area (Å²) in [6.07, 6.45) is 1.66. The molecule has 0 saturated carbocycles. The Morgan fingerprint density at radius 3 is 2.88 bits per heavy atom. The Kier molecular flexibility index (Phi) is 4.43. The van der Waals surface area contributed by atoms with Crippen LogP contribution in [0, 0.1) is 11.3 Å². The highest BCUT2D eigenvalue weighted by Crippen LogP contribution is 2.43. The molecule has 124 valence electrons. The van der Waals surface area contributed by atoms with Crippen LogP contribution < -0.4 is 15.8 Å². The van der Waals surface area contributed by atoms with E-state index < -0.39 is 5.92 Å². The average Bonchev–Trinajstić information content (AvgIpc) is 2.97. The zero-order valence-corrected chi connectivity index (χ0v) is 13.8. The molecule has 0 spiro atoms. The van der Waals surface area contributed by atoms with Crippen LogP contribution in [-0.4, -0.2) is 11.6 Å². The zero-order valence-electron chi connectivity index (χ0n) is 13.8. The average molecular weight is 324 g/mol. The van der Waals surface area contributed by atoms with Gasteiger partial charge in [0.05, 0.1) is 24.2 Å². The van der Waals surface area contributed by atoms with Crippen LogP contribution in [0.4, 0.5) is 5.88 Å². The molecule has 2 heterocycles. The van der Waals surface area contributed by atoms with Crippen LogP contribution in [0.2, 0.25) is 0 Å². The Bertz CT molecular complexity index is 817. The number of hydrogen-bond donors (Lipinski definition) is 2. The molecule has 0 bridgehead atoms. The molecule has 1 aromatic carbocycles. The number of ether oxygens (including phenoxy) is 1. The van der Waals surface area contributed by atoms with E-state index in [4.69, 9.17) is 14.9 Å². The van der Waals surface area contributed by atoms with Gasteiger partial charge in [0.1, 0.15) is 17.3 Å². The van der Waals surface area contributed by atoms with E-state index in [9.17, 15) is 5.26 Å². The van der Waals surface area contributed by atoms with Crippen LogP contribution in [0.1, 0.15) is 43.3 Å². The van der Waals surface area contributed by atoms with Gasteiger partial charge in [0, 0.05) is 12.0 Å². The first-order chi connectivity index (χ1) is 11.7. The van der Waals surface area contributed by atoms with Gasteiger partial charge >= 0.3 is 0 Å². The van der Waals surface area contributed by atoms with Crippen LogP contribution in [0.3, 0.4) is 0 Å². The number of nitrogens with one attached hydrogen (secondary N) is 1. The predicted molar refractivity (Wildman–Crippen MR) is 90.4 cm³/mol. The van der Waals surface area contributed by atoms with Crippen molar-refractivity contribution in [2.75, 3.05) is 11.9 Å². The molecule has 3 N–H and O–H groups in total. The number of nitrogens with two attached hydrogens (primary N) is 1. The second-order valence-corrected chi connectivity index (χ2v) is 5.54. The molecule has 0 saturated heterocycles. The number of para-hydroxylation sites is 1. The van der Waals surface area contributed by atoms with Gasteiger partial charge in [-0.2, -0.15) is 5.26 Å². The van der Waals surface area contributed by atoms with Crippen molar-refractivity contribution in [1.29, 1.82) is 5.26 Å². The van der Waals surface area contributed by atoms with Crippen molar-refractivity contribution in [1.82, 2.24) is 4.98 Å². The van der Waals surface area contributed by atoms with Gasteiger partial charge in [0.15, 0.2) is 5.89 Å². The van der Waals surface area contributed by atoms with Gasteiger partial charge in [-0.3, -0.25) is 0 Å². The monoisotopic (exact) mass is 324 g/mol. The molecule has 3 rings (SSSR count). The molecule has 6 heteroatoms. The Balaban J connectivity index is 2.16. The maximum absolute atomic E-state index is 9.62. The minimum atomic E-state index is -0.400. The van der Waals surface area contributed by atoms with Gasteiger partial charge in [0.25, 0.3) is 0 Å². The van der Waals surface area contributed by atoms with Crippen LogP contribution in [0.25, 0.3) is 0 Å². The Labute approximate surface area is 140 Å². The molecule has 0 fully saturated rings. The summed E-state index contributed by atoms with van der Waals surface area (Å²) in [4.78, 5) is 4.61. The van der Waals surface area contributed by atoms with Crippen LogP contribution >= 0.6 is 0 Å². The summed E-state index contributed by atoms with van der Waals surface area (Å²) in [6.45, 7) is 4.52. The number of aryl methyl sites for hydroxylation is 1. The molecule has 6 nitrogen and oxygen atoms in total. The second-order valence-electron chi connectivity index (χ2n) is 5.54. The largest absolute Gasteiger partial charge is 0.494 e. The minimum absolute atomic E-state index is 0.292. The first kappa shape index (κ1) is 15.9. The number of fused-ring (bicyclic) bond motifs is 1. The minimum Gasteiger partial charge on any atom is -0.494 e. The van der Waals surface area contributed by atoms with E-state index in [1.807, 2.05) is 31.2 Å². The highest BCUT2D eigenvalue weighted by molar-refractivity contribution is 5.62. The first-order valence-corrected chi connectivity index (χ1v) is 8.07. The Morgan fingerprint density at radius 2 is 2.17 bits per heavy atom.